The summed E-state index contributed by atoms with van der Waals surface area (Å²) in [7, 11) is 3.90. The topological polar surface area (TPSA) is 59.4 Å². The van der Waals surface area contributed by atoms with E-state index in [4.69, 9.17) is 4.74 Å². The number of nitrogens with one attached hydrogen (secondary N) is 1. The highest BCUT2D eigenvalue weighted by molar-refractivity contribution is 6.04. The molecule has 6 nitrogen and oxygen atoms in total. The first-order chi connectivity index (χ1) is 13.5. The number of halogens is 1. The van der Waals surface area contributed by atoms with Gasteiger partial charge in [0.1, 0.15) is 5.82 Å². The fraction of sp³-hybridized carbons (Fsp3) is 0.238. The predicted molar refractivity (Wildman–Crippen MR) is 108 cm³/mol. The molecule has 0 saturated heterocycles. The van der Waals surface area contributed by atoms with Crippen molar-refractivity contribution >= 4 is 17.3 Å². The van der Waals surface area contributed by atoms with Crippen molar-refractivity contribution in [2.75, 3.05) is 30.9 Å². The highest BCUT2D eigenvalue weighted by Crippen LogP contribution is 2.23. The molecule has 1 amide bonds. The van der Waals surface area contributed by atoms with Gasteiger partial charge in [0.25, 0.3) is 5.91 Å². The Labute approximate surface area is 163 Å². The Morgan fingerprint density at radius 3 is 2.43 bits per heavy atom. The van der Waals surface area contributed by atoms with Gasteiger partial charge in [-0.15, -0.1) is 0 Å². The zero-order valence-corrected chi connectivity index (χ0v) is 16.1. The minimum atomic E-state index is -0.371. The number of rotatable bonds is 7. The van der Waals surface area contributed by atoms with Crippen LogP contribution in [0.5, 0.6) is 5.75 Å². The first kappa shape index (κ1) is 19.4. The van der Waals surface area contributed by atoms with Crippen LogP contribution in [0.3, 0.4) is 0 Å². The number of nitrogens with zero attached hydrogens (tertiary/aromatic N) is 3. The number of anilines is 2. The molecular weight excluding hydrogens is 359 g/mol. The summed E-state index contributed by atoms with van der Waals surface area (Å²) in [5.74, 6) is -0.323. The van der Waals surface area contributed by atoms with E-state index in [0.29, 0.717) is 23.7 Å². The average Bonchev–Trinajstić information content (AvgIpc) is 3.11. The van der Waals surface area contributed by atoms with E-state index in [-0.39, 0.29) is 17.4 Å². The lowest BCUT2D eigenvalue weighted by atomic mass is 10.2. The monoisotopic (exact) mass is 382 g/mol. The SMILES string of the molecule is CCCOc1cn(-c2ccc(F)cc2)nc1C(=O)Nc1ccc(N(C)C)cc1. The first-order valence-corrected chi connectivity index (χ1v) is 9.05. The normalized spacial score (nSPS) is 10.6. The molecule has 0 bridgehead atoms. The number of carbonyl (C=O) groups is 1. The van der Waals surface area contributed by atoms with Gasteiger partial charge in [-0.25, -0.2) is 9.07 Å². The Hall–Kier alpha value is -3.35. The largest absolute Gasteiger partial charge is 0.489 e. The Morgan fingerprint density at radius 2 is 1.82 bits per heavy atom. The quantitative estimate of drug-likeness (QED) is 0.668. The van der Waals surface area contributed by atoms with Crippen LogP contribution in [0.1, 0.15) is 23.8 Å². The lowest BCUT2D eigenvalue weighted by Crippen LogP contribution is -2.15. The summed E-state index contributed by atoms with van der Waals surface area (Å²) in [6.45, 7) is 2.45. The smallest absolute Gasteiger partial charge is 0.280 e. The van der Waals surface area contributed by atoms with Gasteiger partial charge >= 0.3 is 0 Å². The number of ether oxygens (including phenoxy) is 1. The molecule has 7 heteroatoms. The number of benzene rings is 2. The zero-order valence-electron chi connectivity index (χ0n) is 16.1. The second-order valence-electron chi connectivity index (χ2n) is 6.51. The minimum absolute atomic E-state index is 0.175. The van der Waals surface area contributed by atoms with Crippen LogP contribution in [-0.2, 0) is 0 Å². The van der Waals surface area contributed by atoms with Crippen LogP contribution in [0.4, 0.5) is 15.8 Å². The van der Waals surface area contributed by atoms with E-state index in [0.717, 1.165) is 12.1 Å². The Bertz CT molecular complexity index is 934. The van der Waals surface area contributed by atoms with Crippen LogP contribution in [0.15, 0.2) is 54.7 Å². The molecule has 0 fully saturated rings. The number of carbonyl (C=O) groups excluding carboxylic acids is 1. The summed E-state index contributed by atoms with van der Waals surface area (Å²) < 4.78 is 20.4. The predicted octanol–water partition coefficient (Wildman–Crippen LogP) is 4.12. The van der Waals surface area contributed by atoms with Crippen LogP contribution in [0.25, 0.3) is 5.69 Å². The third kappa shape index (κ3) is 4.49. The fourth-order valence-electron chi connectivity index (χ4n) is 2.59. The van der Waals surface area contributed by atoms with Gasteiger partial charge in [-0.3, -0.25) is 4.79 Å². The molecule has 2 aromatic carbocycles. The van der Waals surface area contributed by atoms with Crippen LogP contribution in [-0.4, -0.2) is 36.4 Å². The van der Waals surface area contributed by atoms with E-state index in [1.165, 1.54) is 16.8 Å². The molecule has 1 N–H and O–H groups in total. The third-order valence-corrected chi connectivity index (χ3v) is 4.09. The number of hydrogen-bond acceptors (Lipinski definition) is 4. The van der Waals surface area contributed by atoms with Gasteiger partial charge in [0, 0.05) is 25.5 Å². The van der Waals surface area contributed by atoms with E-state index in [9.17, 15) is 9.18 Å². The molecule has 1 aromatic heterocycles. The van der Waals surface area contributed by atoms with Crippen molar-refractivity contribution in [2.45, 2.75) is 13.3 Å². The molecule has 3 aromatic rings. The van der Waals surface area contributed by atoms with Gasteiger partial charge in [0.05, 0.1) is 18.5 Å². The van der Waals surface area contributed by atoms with Gasteiger partial charge in [-0.05, 0) is 55.0 Å². The van der Waals surface area contributed by atoms with Gasteiger partial charge < -0.3 is 15.0 Å². The maximum Gasteiger partial charge on any atom is 0.280 e. The third-order valence-electron chi connectivity index (χ3n) is 4.09. The Kier molecular flexibility index (Phi) is 5.93. The molecule has 1 heterocycles. The van der Waals surface area contributed by atoms with Crippen molar-refractivity contribution in [3.63, 3.8) is 0 Å². The lowest BCUT2D eigenvalue weighted by molar-refractivity contribution is 0.101. The molecule has 0 atom stereocenters. The number of aromatic nitrogens is 2. The summed E-state index contributed by atoms with van der Waals surface area (Å²) in [4.78, 5) is 14.8. The summed E-state index contributed by atoms with van der Waals surface area (Å²) in [5, 5.41) is 7.20. The molecule has 0 radical (unpaired) electrons. The fourth-order valence-corrected chi connectivity index (χ4v) is 2.59. The van der Waals surface area contributed by atoms with E-state index in [1.54, 1.807) is 18.3 Å². The molecule has 146 valence electrons. The van der Waals surface area contributed by atoms with Gasteiger partial charge in [-0.1, -0.05) is 6.92 Å². The van der Waals surface area contributed by atoms with E-state index >= 15 is 0 Å². The van der Waals surface area contributed by atoms with Crippen molar-refractivity contribution in [2.24, 2.45) is 0 Å². The molecule has 0 aliphatic heterocycles. The summed E-state index contributed by atoms with van der Waals surface area (Å²) >= 11 is 0. The summed E-state index contributed by atoms with van der Waals surface area (Å²) in [6, 6.07) is 13.4. The van der Waals surface area contributed by atoms with E-state index in [1.807, 2.05) is 50.2 Å². The highest BCUT2D eigenvalue weighted by atomic mass is 19.1. The maximum atomic E-state index is 13.2. The number of hydrogen-bond donors (Lipinski definition) is 1. The zero-order chi connectivity index (χ0) is 20.1. The lowest BCUT2D eigenvalue weighted by Gasteiger charge is -2.13. The highest BCUT2D eigenvalue weighted by Gasteiger charge is 2.19. The number of amides is 1. The van der Waals surface area contributed by atoms with Gasteiger partial charge in [0.2, 0.25) is 0 Å². The molecule has 0 spiro atoms. The molecule has 0 aliphatic rings. The van der Waals surface area contributed by atoms with Crippen molar-refractivity contribution in [1.82, 2.24) is 9.78 Å². The van der Waals surface area contributed by atoms with E-state index in [2.05, 4.69) is 10.4 Å². The van der Waals surface area contributed by atoms with Crippen LogP contribution in [0, 0.1) is 5.82 Å². The molecule has 3 rings (SSSR count). The maximum absolute atomic E-state index is 13.2. The Balaban J connectivity index is 1.85. The Morgan fingerprint density at radius 1 is 1.14 bits per heavy atom. The van der Waals surface area contributed by atoms with Crippen LogP contribution in [0.2, 0.25) is 0 Å². The average molecular weight is 382 g/mol. The molecule has 0 saturated carbocycles. The van der Waals surface area contributed by atoms with Crippen molar-refractivity contribution in [3.8, 4) is 11.4 Å². The molecular formula is C21H23FN4O2. The van der Waals surface area contributed by atoms with Gasteiger partial charge in [0.15, 0.2) is 11.4 Å². The van der Waals surface area contributed by atoms with Crippen molar-refractivity contribution in [3.05, 3.63) is 66.2 Å². The second kappa shape index (κ2) is 8.56. The summed E-state index contributed by atoms with van der Waals surface area (Å²) in [5.41, 5.74) is 2.51. The standard InChI is InChI=1S/C21H23FN4O2/c1-4-13-28-19-14-26(18-9-5-15(22)6-10-18)24-20(19)21(27)23-16-7-11-17(12-8-16)25(2)3/h5-12,14H,4,13H2,1-3H3,(H,23,27). The second-order valence-corrected chi connectivity index (χ2v) is 6.51. The van der Waals surface area contributed by atoms with Gasteiger partial charge in [-0.2, -0.15) is 5.10 Å². The van der Waals surface area contributed by atoms with Crippen molar-refractivity contribution < 1.29 is 13.9 Å². The molecule has 0 unspecified atom stereocenters. The first-order valence-electron chi connectivity index (χ1n) is 9.05. The van der Waals surface area contributed by atoms with Crippen LogP contribution < -0.4 is 15.0 Å². The van der Waals surface area contributed by atoms with Crippen molar-refractivity contribution in [1.29, 1.82) is 0 Å². The summed E-state index contributed by atoms with van der Waals surface area (Å²) in [6.07, 6.45) is 2.43. The van der Waals surface area contributed by atoms with Crippen LogP contribution >= 0.6 is 0 Å². The molecule has 0 aliphatic carbocycles. The van der Waals surface area contributed by atoms with E-state index < -0.39 is 0 Å². The minimum Gasteiger partial charge on any atom is -0.489 e. The molecule has 28 heavy (non-hydrogen) atoms.